The number of benzene rings is 2. The Hall–Kier alpha value is -3.79. The molecule has 0 fully saturated rings. The van der Waals surface area contributed by atoms with E-state index in [1.807, 2.05) is 6.07 Å². The van der Waals surface area contributed by atoms with Crippen LogP contribution in [-0.2, 0) is 16.4 Å². The minimum Gasteiger partial charge on any atom is -0.504 e. The molecule has 4 rings (SSSR count). The summed E-state index contributed by atoms with van der Waals surface area (Å²) in [6.45, 7) is 1.78. The minimum absolute atomic E-state index is 0.0236. The summed E-state index contributed by atoms with van der Waals surface area (Å²) in [6.07, 6.45) is 1.62. The molecule has 1 aliphatic heterocycles. The van der Waals surface area contributed by atoms with E-state index >= 15 is 0 Å². The van der Waals surface area contributed by atoms with Gasteiger partial charge in [-0.2, -0.15) is 4.39 Å². The fourth-order valence-corrected chi connectivity index (χ4v) is 4.23. The first-order valence-electron chi connectivity index (χ1n) is 10.1. The van der Waals surface area contributed by atoms with Crippen LogP contribution in [0.2, 0.25) is 0 Å². The Bertz CT molecular complexity index is 1360. The summed E-state index contributed by atoms with van der Waals surface area (Å²) < 4.78 is 38.9. The number of fused-ring (bicyclic) bond motifs is 1. The van der Waals surface area contributed by atoms with Crippen molar-refractivity contribution < 1.29 is 27.5 Å². The molecule has 0 radical (unpaired) electrons. The van der Waals surface area contributed by atoms with Gasteiger partial charge in [-0.25, -0.2) is 13.4 Å². The van der Waals surface area contributed by atoms with Gasteiger partial charge in [-0.1, -0.05) is 24.3 Å². The number of hydrogen-bond acceptors (Lipinski definition) is 6. The van der Waals surface area contributed by atoms with Crippen LogP contribution in [0.1, 0.15) is 33.2 Å². The Kier molecular flexibility index (Phi) is 5.86. The van der Waals surface area contributed by atoms with E-state index in [1.165, 1.54) is 30.0 Å². The molecule has 2 N–H and O–H groups in total. The predicted octanol–water partition coefficient (Wildman–Crippen LogP) is 3.53. The lowest BCUT2D eigenvalue weighted by molar-refractivity contribution is 0.0835. The van der Waals surface area contributed by atoms with E-state index in [4.69, 9.17) is 0 Å². The number of anilines is 2. The SMILES string of the molecule is CCS(=O)(=O)Nc1cc(N2CCc3cc(-c4ccc(C(=O)F)cc4)ccc3C2=O)ncc1O. The lowest BCUT2D eigenvalue weighted by atomic mass is 9.93. The van der Waals surface area contributed by atoms with Gasteiger partial charge in [-0.05, 0) is 48.2 Å². The molecule has 2 heterocycles. The molecule has 3 aromatic rings. The summed E-state index contributed by atoms with van der Waals surface area (Å²) in [6, 6.07) is 11.3. The molecule has 0 saturated heterocycles. The molecule has 0 bridgehead atoms. The van der Waals surface area contributed by atoms with Crippen molar-refractivity contribution in [2.24, 2.45) is 0 Å². The van der Waals surface area contributed by atoms with E-state index < -0.39 is 16.1 Å². The third-order valence-electron chi connectivity index (χ3n) is 5.42. The fourth-order valence-electron chi connectivity index (χ4n) is 3.59. The lowest BCUT2D eigenvalue weighted by Crippen LogP contribution is -2.38. The first kappa shape index (κ1) is 22.4. The highest BCUT2D eigenvalue weighted by atomic mass is 32.2. The second-order valence-electron chi connectivity index (χ2n) is 7.49. The van der Waals surface area contributed by atoms with Gasteiger partial charge in [0.1, 0.15) is 5.82 Å². The smallest absolute Gasteiger partial charge is 0.332 e. The number of halogens is 1. The van der Waals surface area contributed by atoms with E-state index in [-0.39, 0.29) is 34.5 Å². The fraction of sp³-hybridized carbons (Fsp3) is 0.174. The first-order chi connectivity index (χ1) is 15.7. The maximum Gasteiger partial charge on any atom is 0.332 e. The number of amides is 1. The Morgan fingerprint density at radius 1 is 1.15 bits per heavy atom. The Morgan fingerprint density at radius 3 is 2.52 bits per heavy atom. The normalized spacial score (nSPS) is 13.5. The number of sulfonamides is 1. The predicted molar refractivity (Wildman–Crippen MR) is 122 cm³/mol. The second kappa shape index (κ2) is 8.62. The lowest BCUT2D eigenvalue weighted by Gasteiger charge is -2.28. The van der Waals surface area contributed by atoms with Crippen molar-refractivity contribution >= 4 is 33.5 Å². The number of carbonyl (C=O) groups is 2. The van der Waals surface area contributed by atoms with Crippen LogP contribution in [0.3, 0.4) is 0 Å². The van der Waals surface area contributed by atoms with Gasteiger partial charge in [0.25, 0.3) is 5.91 Å². The van der Waals surface area contributed by atoms with Crippen LogP contribution in [0, 0.1) is 0 Å². The first-order valence-corrected chi connectivity index (χ1v) is 11.8. The van der Waals surface area contributed by atoms with Crippen molar-refractivity contribution in [2.45, 2.75) is 13.3 Å². The molecular formula is C23H20FN3O5S. The number of nitrogens with zero attached hydrogens (tertiary/aromatic N) is 2. The molecule has 1 amide bonds. The summed E-state index contributed by atoms with van der Waals surface area (Å²) in [5.41, 5.74) is 2.84. The molecule has 8 nitrogen and oxygen atoms in total. The summed E-state index contributed by atoms with van der Waals surface area (Å²) in [5, 5.41) is 9.97. The molecule has 2 aromatic carbocycles. The Balaban J connectivity index is 1.61. The number of carbonyl (C=O) groups excluding carboxylic acids is 2. The topological polar surface area (TPSA) is 117 Å². The van der Waals surface area contributed by atoms with Gasteiger partial charge in [0.15, 0.2) is 5.75 Å². The molecule has 0 aliphatic carbocycles. The van der Waals surface area contributed by atoms with Gasteiger partial charge < -0.3 is 5.11 Å². The Morgan fingerprint density at radius 2 is 1.85 bits per heavy atom. The van der Waals surface area contributed by atoms with Crippen LogP contribution in [0.5, 0.6) is 5.75 Å². The molecule has 0 saturated carbocycles. The van der Waals surface area contributed by atoms with E-state index in [9.17, 15) is 27.5 Å². The maximum atomic E-state index is 13.1. The monoisotopic (exact) mass is 469 g/mol. The van der Waals surface area contributed by atoms with E-state index in [0.29, 0.717) is 18.5 Å². The minimum atomic E-state index is -3.62. The second-order valence-corrected chi connectivity index (χ2v) is 9.51. The molecule has 1 aliphatic rings. The Labute approximate surface area is 189 Å². The average molecular weight is 469 g/mol. The number of pyridine rings is 1. The molecule has 0 atom stereocenters. The van der Waals surface area contributed by atoms with Crippen molar-refractivity contribution in [3.63, 3.8) is 0 Å². The molecule has 0 spiro atoms. The van der Waals surface area contributed by atoms with E-state index in [2.05, 4.69) is 9.71 Å². The molecular weight excluding hydrogens is 449 g/mol. The summed E-state index contributed by atoms with van der Waals surface area (Å²) in [4.78, 5) is 29.5. The zero-order valence-electron chi connectivity index (χ0n) is 17.6. The highest BCUT2D eigenvalue weighted by Gasteiger charge is 2.27. The summed E-state index contributed by atoms with van der Waals surface area (Å²) in [7, 11) is -3.62. The van der Waals surface area contributed by atoms with Crippen LogP contribution in [0.4, 0.5) is 15.9 Å². The van der Waals surface area contributed by atoms with Gasteiger partial charge in [0.05, 0.1) is 23.2 Å². The van der Waals surface area contributed by atoms with Crippen molar-refractivity contribution in [1.29, 1.82) is 0 Å². The van der Waals surface area contributed by atoms with Crippen molar-refractivity contribution in [1.82, 2.24) is 4.98 Å². The van der Waals surface area contributed by atoms with Gasteiger partial charge >= 0.3 is 6.04 Å². The summed E-state index contributed by atoms with van der Waals surface area (Å²) in [5.74, 6) is -0.600. The molecule has 10 heteroatoms. The number of hydrogen-bond donors (Lipinski definition) is 2. The van der Waals surface area contributed by atoms with Crippen LogP contribution in [-0.4, -0.2) is 42.8 Å². The highest BCUT2D eigenvalue weighted by Crippen LogP contribution is 2.32. The number of nitrogens with one attached hydrogen (secondary N) is 1. The summed E-state index contributed by atoms with van der Waals surface area (Å²) >= 11 is 0. The van der Waals surface area contributed by atoms with Crippen molar-refractivity contribution in [3.8, 4) is 16.9 Å². The quantitative estimate of drug-likeness (QED) is 0.534. The van der Waals surface area contributed by atoms with Gasteiger partial charge in [-0.15, -0.1) is 0 Å². The molecule has 0 unspecified atom stereocenters. The molecule has 170 valence electrons. The molecule has 1 aromatic heterocycles. The van der Waals surface area contributed by atoms with Crippen LogP contribution in [0.25, 0.3) is 11.1 Å². The third-order valence-corrected chi connectivity index (χ3v) is 6.71. The zero-order chi connectivity index (χ0) is 23.8. The number of aromatic hydroxyl groups is 1. The van der Waals surface area contributed by atoms with Crippen LogP contribution < -0.4 is 9.62 Å². The van der Waals surface area contributed by atoms with Gasteiger partial charge in [0, 0.05) is 18.2 Å². The average Bonchev–Trinajstić information content (AvgIpc) is 2.80. The molecule has 33 heavy (non-hydrogen) atoms. The number of aromatic nitrogens is 1. The van der Waals surface area contributed by atoms with E-state index in [1.54, 1.807) is 24.3 Å². The maximum absolute atomic E-state index is 13.1. The van der Waals surface area contributed by atoms with Crippen LogP contribution in [0.15, 0.2) is 54.7 Å². The van der Waals surface area contributed by atoms with Gasteiger partial charge in [-0.3, -0.25) is 19.2 Å². The van der Waals surface area contributed by atoms with Crippen LogP contribution >= 0.6 is 0 Å². The van der Waals surface area contributed by atoms with Crippen molar-refractivity contribution in [2.75, 3.05) is 21.9 Å². The van der Waals surface area contributed by atoms with E-state index in [0.717, 1.165) is 22.9 Å². The number of rotatable bonds is 6. The highest BCUT2D eigenvalue weighted by molar-refractivity contribution is 7.92. The van der Waals surface area contributed by atoms with Gasteiger partial charge in [0.2, 0.25) is 10.0 Å². The zero-order valence-corrected chi connectivity index (χ0v) is 18.4. The van der Waals surface area contributed by atoms with Crippen molar-refractivity contribution in [3.05, 3.63) is 71.4 Å². The third kappa shape index (κ3) is 4.56. The standard InChI is InChI=1S/C23H20FN3O5S/c1-2-33(31,32)26-19-12-21(25-13-20(19)28)27-10-9-17-11-16(7-8-18(17)23(27)30)14-3-5-15(6-4-14)22(24)29/h3-8,11-13,28H,2,9-10H2,1H3,(H,25,26). The largest absolute Gasteiger partial charge is 0.504 e.